The van der Waals surface area contributed by atoms with Gasteiger partial charge in [0.2, 0.25) is 0 Å². The molecule has 0 aromatic heterocycles. The lowest BCUT2D eigenvalue weighted by molar-refractivity contribution is -0.142. The highest BCUT2D eigenvalue weighted by Crippen LogP contribution is 2.06. The maximum Gasteiger partial charge on any atom is 0.306 e. The van der Waals surface area contributed by atoms with Crippen molar-refractivity contribution in [3.63, 3.8) is 0 Å². The van der Waals surface area contributed by atoms with Crippen LogP contribution in [0.1, 0.15) is 66.2 Å². The number of carboxylic acid groups (broad SMARTS) is 2. The number of carbonyl (C=O) groups is 2. The number of carboxylic acids is 2. The molecule has 0 atom stereocenters. The van der Waals surface area contributed by atoms with Crippen LogP contribution >= 0.6 is 0 Å². The first-order valence-electron chi connectivity index (χ1n) is 8.03. The third kappa shape index (κ3) is 18.9. The highest BCUT2D eigenvalue weighted by atomic mass is 16.4. The van der Waals surface area contributed by atoms with E-state index in [2.05, 4.69) is 0 Å². The zero-order chi connectivity index (χ0) is 18.0. The number of aliphatic hydroxyl groups is 2. The smallest absolute Gasteiger partial charge is 0.306 e. The van der Waals surface area contributed by atoms with Crippen molar-refractivity contribution in [1.29, 1.82) is 0 Å². The highest BCUT2D eigenvalue weighted by Gasteiger charge is 2.10. The monoisotopic (exact) mass is 322 g/mol. The number of hydrogen-bond acceptors (Lipinski definition) is 4. The summed E-state index contributed by atoms with van der Waals surface area (Å²) in [7, 11) is 0. The van der Waals surface area contributed by atoms with Gasteiger partial charge in [-0.25, -0.2) is 0 Å². The van der Waals surface area contributed by atoms with Gasteiger partial charge in [-0.2, -0.15) is 0 Å². The molecule has 6 nitrogen and oxygen atoms in total. The van der Waals surface area contributed by atoms with E-state index in [-0.39, 0.29) is 25.0 Å². The van der Waals surface area contributed by atoms with Crippen molar-refractivity contribution in [3.8, 4) is 0 Å². The minimum Gasteiger partial charge on any atom is -0.481 e. The molecule has 0 amide bonds. The molecule has 0 heterocycles. The topological polar surface area (TPSA) is 115 Å². The molecule has 0 aliphatic rings. The van der Waals surface area contributed by atoms with Crippen molar-refractivity contribution in [2.24, 2.45) is 11.8 Å². The standard InChI is InChI=1S/2C6H12O2.C4H10O2/c2*1-3-5(4-2)6(7)8;5-3-1-2-4-6/h2*5H,3-4H2,1-2H3,(H,7,8);5-6H,1-4H2. The molecule has 4 N–H and O–H groups in total. The number of aliphatic hydroxyl groups excluding tert-OH is 2. The van der Waals surface area contributed by atoms with Crippen LogP contribution in [-0.2, 0) is 9.59 Å². The van der Waals surface area contributed by atoms with Crippen LogP contribution in [-0.4, -0.2) is 45.6 Å². The van der Waals surface area contributed by atoms with Gasteiger partial charge in [-0.15, -0.1) is 0 Å². The van der Waals surface area contributed by atoms with E-state index >= 15 is 0 Å². The molecule has 0 fully saturated rings. The van der Waals surface area contributed by atoms with E-state index in [0.717, 1.165) is 38.5 Å². The summed E-state index contributed by atoms with van der Waals surface area (Å²) in [5.74, 6) is -1.60. The van der Waals surface area contributed by atoms with Crippen LogP contribution in [0.3, 0.4) is 0 Å². The summed E-state index contributed by atoms with van der Waals surface area (Å²) in [6.07, 6.45) is 4.41. The van der Waals surface area contributed by atoms with E-state index in [0.29, 0.717) is 0 Å². The summed E-state index contributed by atoms with van der Waals surface area (Å²) in [5.41, 5.74) is 0. The Morgan fingerprint density at radius 3 is 0.955 bits per heavy atom. The molecule has 0 radical (unpaired) electrons. The predicted molar refractivity (Wildman–Crippen MR) is 86.8 cm³/mol. The molecule has 0 aliphatic carbocycles. The lowest BCUT2D eigenvalue weighted by atomic mass is 10.1. The zero-order valence-corrected chi connectivity index (χ0v) is 14.4. The Labute approximate surface area is 134 Å². The second-order valence-electron chi connectivity index (χ2n) is 4.86. The summed E-state index contributed by atoms with van der Waals surface area (Å²) in [5, 5.41) is 32.9. The lowest BCUT2D eigenvalue weighted by Gasteiger charge is -2.02. The molecule has 22 heavy (non-hydrogen) atoms. The van der Waals surface area contributed by atoms with Gasteiger partial charge in [0, 0.05) is 13.2 Å². The molecule has 0 aromatic carbocycles. The molecule has 0 bridgehead atoms. The Balaban J connectivity index is -0.000000249. The summed E-state index contributed by atoms with van der Waals surface area (Å²) in [6, 6.07) is 0. The Bertz CT molecular complexity index is 221. The minimum absolute atomic E-state index is 0.130. The van der Waals surface area contributed by atoms with Gasteiger partial charge in [0.15, 0.2) is 0 Å². The van der Waals surface area contributed by atoms with Crippen LogP contribution in [0.5, 0.6) is 0 Å². The minimum atomic E-state index is -0.671. The van der Waals surface area contributed by atoms with Gasteiger partial charge in [0.25, 0.3) is 0 Å². The van der Waals surface area contributed by atoms with E-state index in [1.54, 1.807) is 0 Å². The maximum atomic E-state index is 10.2. The van der Waals surface area contributed by atoms with Gasteiger partial charge in [-0.05, 0) is 38.5 Å². The molecule has 0 rings (SSSR count). The summed E-state index contributed by atoms with van der Waals surface area (Å²) >= 11 is 0. The predicted octanol–water partition coefficient (Wildman–Crippen LogP) is 2.77. The van der Waals surface area contributed by atoms with Crippen LogP contribution in [0.15, 0.2) is 0 Å². The van der Waals surface area contributed by atoms with Gasteiger partial charge in [0.1, 0.15) is 0 Å². The Hall–Kier alpha value is -1.14. The molecule has 134 valence electrons. The van der Waals surface area contributed by atoms with E-state index in [4.69, 9.17) is 20.4 Å². The highest BCUT2D eigenvalue weighted by molar-refractivity contribution is 5.70. The molecule has 0 saturated carbocycles. The van der Waals surface area contributed by atoms with Gasteiger partial charge in [-0.1, -0.05) is 27.7 Å². The Morgan fingerprint density at radius 2 is 0.909 bits per heavy atom. The van der Waals surface area contributed by atoms with E-state index in [1.165, 1.54) is 0 Å². The Kier molecular flexibility index (Phi) is 23.3. The van der Waals surface area contributed by atoms with Crippen LogP contribution in [0, 0.1) is 11.8 Å². The van der Waals surface area contributed by atoms with Crippen LogP contribution in [0.25, 0.3) is 0 Å². The fourth-order valence-corrected chi connectivity index (χ4v) is 1.50. The van der Waals surface area contributed by atoms with Crippen molar-refractivity contribution in [3.05, 3.63) is 0 Å². The van der Waals surface area contributed by atoms with Gasteiger partial charge >= 0.3 is 11.9 Å². The molecular formula is C16H34O6. The Morgan fingerprint density at radius 1 is 0.682 bits per heavy atom. The van der Waals surface area contributed by atoms with Gasteiger partial charge < -0.3 is 20.4 Å². The first kappa shape index (κ1) is 25.8. The van der Waals surface area contributed by atoms with Gasteiger partial charge in [0.05, 0.1) is 11.8 Å². The quantitative estimate of drug-likeness (QED) is 0.485. The molecule has 6 heteroatoms. The number of aliphatic carboxylic acids is 2. The molecular weight excluding hydrogens is 288 g/mol. The molecule has 0 saturated heterocycles. The largest absolute Gasteiger partial charge is 0.481 e. The SMILES string of the molecule is CCC(CC)C(=O)O.CCC(CC)C(=O)O.OCCCCO. The molecule has 0 aliphatic heterocycles. The van der Waals surface area contributed by atoms with Gasteiger partial charge in [-0.3, -0.25) is 9.59 Å². The molecule has 0 spiro atoms. The fourth-order valence-electron chi connectivity index (χ4n) is 1.50. The third-order valence-electron chi connectivity index (χ3n) is 3.24. The normalized spacial score (nSPS) is 9.64. The summed E-state index contributed by atoms with van der Waals surface area (Å²) in [6.45, 7) is 7.95. The van der Waals surface area contributed by atoms with Crippen molar-refractivity contribution < 1.29 is 30.0 Å². The fraction of sp³-hybridized carbons (Fsp3) is 0.875. The van der Waals surface area contributed by atoms with Crippen molar-refractivity contribution in [2.45, 2.75) is 66.2 Å². The molecule has 0 unspecified atom stereocenters. The van der Waals surface area contributed by atoms with Crippen LogP contribution < -0.4 is 0 Å². The number of unbranched alkanes of at least 4 members (excludes halogenated alkanes) is 1. The average Bonchev–Trinajstić information content (AvgIpc) is 2.48. The van der Waals surface area contributed by atoms with E-state index in [9.17, 15) is 9.59 Å². The summed E-state index contributed by atoms with van der Waals surface area (Å²) in [4.78, 5) is 20.3. The zero-order valence-electron chi connectivity index (χ0n) is 14.4. The average molecular weight is 322 g/mol. The van der Waals surface area contributed by atoms with Crippen LogP contribution in [0.4, 0.5) is 0 Å². The number of hydrogen-bond donors (Lipinski definition) is 4. The molecule has 0 aromatic rings. The second kappa shape index (κ2) is 19.9. The number of rotatable bonds is 9. The van der Waals surface area contributed by atoms with E-state index in [1.807, 2.05) is 27.7 Å². The van der Waals surface area contributed by atoms with Crippen molar-refractivity contribution >= 4 is 11.9 Å². The lowest BCUT2D eigenvalue weighted by Crippen LogP contribution is -2.10. The van der Waals surface area contributed by atoms with Crippen molar-refractivity contribution in [2.75, 3.05) is 13.2 Å². The van der Waals surface area contributed by atoms with E-state index < -0.39 is 11.9 Å². The third-order valence-corrected chi connectivity index (χ3v) is 3.24. The maximum absolute atomic E-state index is 10.2. The first-order valence-corrected chi connectivity index (χ1v) is 8.03. The first-order chi connectivity index (χ1) is 10.4. The second-order valence-corrected chi connectivity index (χ2v) is 4.86. The van der Waals surface area contributed by atoms with Crippen LogP contribution in [0.2, 0.25) is 0 Å². The summed E-state index contributed by atoms with van der Waals surface area (Å²) < 4.78 is 0. The van der Waals surface area contributed by atoms with Crippen molar-refractivity contribution in [1.82, 2.24) is 0 Å².